The van der Waals surface area contributed by atoms with Gasteiger partial charge < -0.3 is 15.2 Å². The molecule has 1 saturated heterocycles. The Bertz CT molecular complexity index is 724. The molecule has 1 aliphatic heterocycles. The predicted octanol–water partition coefficient (Wildman–Crippen LogP) is 3.10. The van der Waals surface area contributed by atoms with Gasteiger partial charge in [-0.1, -0.05) is 25.1 Å². The van der Waals surface area contributed by atoms with E-state index >= 15 is 0 Å². The van der Waals surface area contributed by atoms with Crippen molar-refractivity contribution in [3.05, 3.63) is 35.5 Å². The molecule has 0 radical (unpaired) electrons. The van der Waals surface area contributed by atoms with Crippen LogP contribution in [0.15, 0.2) is 24.3 Å². The number of rotatable bonds is 4. The Morgan fingerprint density at radius 3 is 2.62 bits per heavy atom. The third kappa shape index (κ3) is 3.34. The van der Waals surface area contributed by atoms with Crippen molar-refractivity contribution >= 4 is 16.8 Å². The van der Waals surface area contributed by atoms with Gasteiger partial charge in [0.15, 0.2) is 0 Å². The van der Waals surface area contributed by atoms with Gasteiger partial charge in [-0.25, -0.2) is 0 Å². The summed E-state index contributed by atoms with van der Waals surface area (Å²) in [6, 6.07) is 8.47. The maximum absolute atomic E-state index is 12.8. The summed E-state index contributed by atoms with van der Waals surface area (Å²) < 4.78 is 2.17. The molecule has 0 spiro atoms. The lowest BCUT2D eigenvalue weighted by Crippen LogP contribution is -2.39. The average Bonchev–Trinajstić information content (AvgIpc) is 2.81. The topological polar surface area (TPSA) is 51.3 Å². The lowest BCUT2D eigenvalue weighted by molar-refractivity contribution is -0.133. The summed E-state index contributed by atoms with van der Waals surface area (Å²) in [4.78, 5) is 14.8. The van der Waals surface area contributed by atoms with Crippen molar-refractivity contribution in [2.75, 3.05) is 13.1 Å². The van der Waals surface area contributed by atoms with Crippen LogP contribution in [-0.2, 0) is 17.8 Å². The second-order valence-electron chi connectivity index (χ2n) is 7.41. The Hall–Kier alpha value is -1.81. The largest absolute Gasteiger partial charge is 0.341 e. The molecule has 1 fully saturated rings. The molecule has 1 atom stereocenters. The number of hydrogen-bond acceptors (Lipinski definition) is 2. The van der Waals surface area contributed by atoms with Gasteiger partial charge in [-0.2, -0.15) is 0 Å². The molecule has 0 bridgehead atoms. The number of aromatic nitrogens is 1. The van der Waals surface area contributed by atoms with Gasteiger partial charge >= 0.3 is 0 Å². The van der Waals surface area contributed by atoms with Crippen molar-refractivity contribution in [2.45, 2.75) is 52.6 Å². The molecule has 1 unspecified atom stereocenters. The van der Waals surface area contributed by atoms with Gasteiger partial charge in [0, 0.05) is 35.7 Å². The summed E-state index contributed by atoms with van der Waals surface area (Å²) in [7, 11) is 0. The monoisotopic (exact) mass is 327 g/mol. The Morgan fingerprint density at radius 1 is 1.29 bits per heavy atom. The fourth-order valence-electron chi connectivity index (χ4n) is 3.78. The van der Waals surface area contributed by atoms with E-state index < -0.39 is 0 Å². The van der Waals surface area contributed by atoms with Crippen LogP contribution < -0.4 is 5.73 Å². The average molecular weight is 327 g/mol. The smallest absolute Gasteiger partial charge is 0.242 e. The van der Waals surface area contributed by atoms with E-state index in [2.05, 4.69) is 36.6 Å². The van der Waals surface area contributed by atoms with E-state index in [1.54, 1.807) is 0 Å². The number of carbonyl (C=O) groups excluding carboxylic acids is 1. The molecule has 2 N–H and O–H groups in total. The molecular weight excluding hydrogens is 298 g/mol. The first-order valence-electron chi connectivity index (χ1n) is 9.07. The van der Waals surface area contributed by atoms with Gasteiger partial charge in [0.05, 0.1) is 0 Å². The fourth-order valence-corrected chi connectivity index (χ4v) is 3.78. The highest BCUT2D eigenvalue weighted by Crippen LogP contribution is 2.27. The SMILES string of the molecule is Cc1c(CC(C)N)c2ccccc2n1CC(=O)N1CCC(C)CC1. The number of para-hydroxylation sites is 1. The molecule has 1 aromatic heterocycles. The number of fused-ring (bicyclic) bond motifs is 1. The minimum Gasteiger partial charge on any atom is -0.341 e. The first kappa shape index (κ1) is 17.0. The van der Waals surface area contributed by atoms with E-state index in [-0.39, 0.29) is 11.9 Å². The second-order valence-corrected chi connectivity index (χ2v) is 7.41. The third-order valence-corrected chi connectivity index (χ3v) is 5.32. The van der Waals surface area contributed by atoms with Gasteiger partial charge in [-0.05, 0) is 50.7 Å². The molecule has 130 valence electrons. The van der Waals surface area contributed by atoms with Crippen LogP contribution in [0.4, 0.5) is 0 Å². The summed E-state index contributed by atoms with van der Waals surface area (Å²) in [6.45, 7) is 8.64. The predicted molar refractivity (Wildman–Crippen MR) is 99.0 cm³/mol. The Labute approximate surface area is 144 Å². The quantitative estimate of drug-likeness (QED) is 0.938. The Balaban J connectivity index is 1.89. The molecule has 2 aromatic rings. The number of nitrogens with zero attached hydrogens (tertiary/aromatic N) is 2. The molecule has 4 nitrogen and oxygen atoms in total. The number of piperidine rings is 1. The van der Waals surface area contributed by atoms with Crippen LogP contribution in [0, 0.1) is 12.8 Å². The van der Waals surface area contributed by atoms with Crippen LogP contribution in [-0.4, -0.2) is 34.5 Å². The van der Waals surface area contributed by atoms with Gasteiger partial charge in [0.2, 0.25) is 5.91 Å². The van der Waals surface area contributed by atoms with Crippen molar-refractivity contribution < 1.29 is 4.79 Å². The lowest BCUT2D eigenvalue weighted by atomic mass is 9.99. The van der Waals surface area contributed by atoms with E-state index in [1.165, 1.54) is 16.6 Å². The van der Waals surface area contributed by atoms with Crippen LogP contribution in [0.3, 0.4) is 0 Å². The van der Waals surface area contributed by atoms with Crippen molar-refractivity contribution in [1.82, 2.24) is 9.47 Å². The number of carbonyl (C=O) groups is 1. The summed E-state index contributed by atoms with van der Waals surface area (Å²) in [5, 5.41) is 1.23. The Morgan fingerprint density at radius 2 is 1.96 bits per heavy atom. The summed E-state index contributed by atoms with van der Waals surface area (Å²) in [5.74, 6) is 0.971. The van der Waals surface area contributed by atoms with E-state index in [4.69, 9.17) is 5.73 Å². The highest BCUT2D eigenvalue weighted by Gasteiger charge is 2.22. The highest BCUT2D eigenvalue weighted by atomic mass is 16.2. The van der Waals surface area contributed by atoms with E-state index in [1.807, 2.05) is 17.9 Å². The van der Waals surface area contributed by atoms with E-state index in [0.29, 0.717) is 6.54 Å². The zero-order valence-electron chi connectivity index (χ0n) is 15.1. The number of hydrogen-bond donors (Lipinski definition) is 1. The standard InChI is InChI=1S/C20H29N3O/c1-14-8-10-22(11-9-14)20(24)13-23-16(3)18(12-15(2)21)17-6-4-5-7-19(17)23/h4-7,14-15H,8-13,21H2,1-3H3. The van der Waals surface area contributed by atoms with Gasteiger partial charge in [0.1, 0.15) is 6.54 Å². The third-order valence-electron chi connectivity index (χ3n) is 5.32. The normalized spacial score (nSPS) is 17.4. The molecule has 1 aromatic carbocycles. The zero-order valence-corrected chi connectivity index (χ0v) is 15.1. The molecular formula is C20H29N3O. The molecule has 3 rings (SSSR count). The summed E-state index contributed by atoms with van der Waals surface area (Å²) in [5.41, 5.74) is 9.64. The van der Waals surface area contributed by atoms with E-state index in [9.17, 15) is 4.79 Å². The summed E-state index contributed by atoms with van der Waals surface area (Å²) in [6.07, 6.45) is 3.08. The number of likely N-dealkylation sites (tertiary alicyclic amines) is 1. The summed E-state index contributed by atoms with van der Waals surface area (Å²) >= 11 is 0. The number of benzene rings is 1. The first-order chi connectivity index (χ1) is 11.5. The van der Waals surface area contributed by atoms with Crippen LogP contribution in [0.25, 0.3) is 10.9 Å². The van der Waals surface area contributed by atoms with E-state index in [0.717, 1.165) is 43.8 Å². The van der Waals surface area contributed by atoms with Crippen LogP contribution in [0.2, 0.25) is 0 Å². The van der Waals surface area contributed by atoms with Crippen LogP contribution >= 0.6 is 0 Å². The molecule has 0 saturated carbocycles. The molecule has 1 amide bonds. The minimum atomic E-state index is 0.113. The molecule has 1 aliphatic rings. The molecule has 24 heavy (non-hydrogen) atoms. The second kappa shape index (κ2) is 6.98. The number of amides is 1. The fraction of sp³-hybridized carbons (Fsp3) is 0.550. The molecule has 2 heterocycles. The van der Waals surface area contributed by atoms with Gasteiger partial charge in [-0.15, -0.1) is 0 Å². The van der Waals surface area contributed by atoms with Crippen molar-refractivity contribution in [3.8, 4) is 0 Å². The van der Waals surface area contributed by atoms with Gasteiger partial charge in [0.25, 0.3) is 0 Å². The maximum atomic E-state index is 12.8. The van der Waals surface area contributed by atoms with Crippen molar-refractivity contribution in [2.24, 2.45) is 11.7 Å². The zero-order chi connectivity index (χ0) is 17.3. The Kier molecular flexibility index (Phi) is 4.95. The van der Waals surface area contributed by atoms with Crippen LogP contribution in [0.1, 0.15) is 37.9 Å². The molecule has 4 heteroatoms. The van der Waals surface area contributed by atoms with Crippen molar-refractivity contribution in [3.63, 3.8) is 0 Å². The van der Waals surface area contributed by atoms with Crippen molar-refractivity contribution in [1.29, 1.82) is 0 Å². The lowest BCUT2D eigenvalue weighted by Gasteiger charge is -2.30. The minimum absolute atomic E-state index is 0.113. The number of nitrogens with two attached hydrogens (primary N) is 1. The molecule has 0 aliphatic carbocycles. The highest BCUT2D eigenvalue weighted by molar-refractivity contribution is 5.87. The first-order valence-corrected chi connectivity index (χ1v) is 9.07. The maximum Gasteiger partial charge on any atom is 0.242 e. The van der Waals surface area contributed by atoms with Gasteiger partial charge in [-0.3, -0.25) is 4.79 Å². The van der Waals surface area contributed by atoms with Crippen LogP contribution in [0.5, 0.6) is 0 Å².